The number of rotatable bonds is 6. The number of benzene rings is 1. The number of nitrogens with zero attached hydrogens (tertiary/aromatic N) is 1. The largest absolute Gasteiger partial charge is 0.486 e. The standard InChI is InChI=1S/C17H16F2N2O5S/c18-15(19)9-25-16-7-3-4-12(21-16)17(22)20-8-11-10-27(23,24)14-6-2-1-5-13(14)26-11/h1-7,11,15H,8-10H2,(H,20,22). The SMILES string of the molecule is O=C(NCC1CS(=O)(=O)c2ccccc2O1)c1cccc(OCC(F)F)n1. The van der Waals surface area contributed by atoms with Gasteiger partial charge >= 0.3 is 0 Å². The molecule has 10 heteroatoms. The monoisotopic (exact) mass is 398 g/mol. The van der Waals surface area contributed by atoms with Crippen molar-refractivity contribution in [1.82, 2.24) is 10.3 Å². The topological polar surface area (TPSA) is 94.6 Å². The Hall–Kier alpha value is -2.75. The maximum Gasteiger partial charge on any atom is 0.272 e. The van der Waals surface area contributed by atoms with Crippen LogP contribution in [-0.2, 0) is 9.84 Å². The third-order valence-electron chi connectivity index (χ3n) is 3.69. The zero-order chi connectivity index (χ0) is 19.4. The predicted molar refractivity (Wildman–Crippen MR) is 91.0 cm³/mol. The molecule has 0 radical (unpaired) electrons. The van der Waals surface area contributed by atoms with Crippen LogP contribution in [0.3, 0.4) is 0 Å². The van der Waals surface area contributed by atoms with Crippen LogP contribution in [-0.4, -0.2) is 50.7 Å². The van der Waals surface area contributed by atoms with Crippen molar-refractivity contribution in [2.45, 2.75) is 17.4 Å². The highest BCUT2D eigenvalue weighted by Gasteiger charge is 2.31. The highest BCUT2D eigenvalue weighted by atomic mass is 32.2. The summed E-state index contributed by atoms with van der Waals surface area (Å²) in [4.78, 5) is 16.2. The van der Waals surface area contributed by atoms with Crippen molar-refractivity contribution in [1.29, 1.82) is 0 Å². The van der Waals surface area contributed by atoms with E-state index in [1.807, 2.05) is 0 Å². The molecule has 1 N–H and O–H groups in total. The number of alkyl halides is 2. The molecule has 2 heterocycles. The number of amides is 1. The van der Waals surface area contributed by atoms with Crippen LogP contribution in [0.2, 0.25) is 0 Å². The van der Waals surface area contributed by atoms with Gasteiger partial charge in [-0.2, -0.15) is 0 Å². The van der Waals surface area contributed by atoms with Crippen molar-refractivity contribution in [2.75, 3.05) is 18.9 Å². The molecule has 1 atom stereocenters. The van der Waals surface area contributed by atoms with Crippen LogP contribution in [0, 0.1) is 0 Å². The molecule has 1 aliphatic heterocycles. The Bertz CT molecular complexity index is 936. The number of carbonyl (C=O) groups excluding carboxylic acids is 1. The van der Waals surface area contributed by atoms with E-state index in [0.29, 0.717) is 0 Å². The van der Waals surface area contributed by atoms with E-state index >= 15 is 0 Å². The average Bonchev–Trinajstić information content (AvgIpc) is 2.64. The third kappa shape index (κ3) is 4.70. The Labute approximate surface area is 154 Å². The molecule has 0 aliphatic carbocycles. The second-order valence-electron chi connectivity index (χ2n) is 5.74. The quantitative estimate of drug-likeness (QED) is 0.796. The van der Waals surface area contributed by atoms with Crippen molar-refractivity contribution in [2.24, 2.45) is 0 Å². The van der Waals surface area contributed by atoms with Gasteiger partial charge in [-0.05, 0) is 18.2 Å². The first kappa shape index (κ1) is 19.0. The molecule has 7 nitrogen and oxygen atoms in total. The van der Waals surface area contributed by atoms with E-state index in [1.165, 1.54) is 24.3 Å². The maximum atomic E-state index is 12.3. The lowest BCUT2D eigenvalue weighted by atomic mass is 10.3. The number of fused-ring (bicyclic) bond motifs is 1. The predicted octanol–water partition coefficient (Wildman–Crippen LogP) is 1.69. The summed E-state index contributed by atoms with van der Waals surface area (Å²) < 4.78 is 59.3. The molecule has 1 aliphatic rings. The van der Waals surface area contributed by atoms with Gasteiger partial charge in [-0.1, -0.05) is 18.2 Å². The summed E-state index contributed by atoms with van der Waals surface area (Å²) in [5, 5.41) is 2.53. The van der Waals surface area contributed by atoms with Gasteiger partial charge in [0.1, 0.15) is 22.4 Å². The normalized spacial score (nSPS) is 17.7. The van der Waals surface area contributed by atoms with Crippen LogP contribution in [0.15, 0.2) is 47.4 Å². The highest BCUT2D eigenvalue weighted by Crippen LogP contribution is 2.30. The van der Waals surface area contributed by atoms with Crippen molar-refractivity contribution in [3.63, 3.8) is 0 Å². The lowest BCUT2D eigenvalue weighted by Crippen LogP contribution is -2.42. The van der Waals surface area contributed by atoms with Crippen LogP contribution in [0.25, 0.3) is 0 Å². The summed E-state index contributed by atoms with van der Waals surface area (Å²) in [6, 6.07) is 10.5. The Morgan fingerprint density at radius 2 is 2.04 bits per heavy atom. The molecule has 2 aromatic rings. The average molecular weight is 398 g/mol. The Morgan fingerprint density at radius 3 is 2.81 bits per heavy atom. The first-order valence-corrected chi connectivity index (χ1v) is 9.65. The summed E-state index contributed by atoms with van der Waals surface area (Å²) in [6.45, 7) is -0.887. The first-order chi connectivity index (χ1) is 12.8. The summed E-state index contributed by atoms with van der Waals surface area (Å²) in [6.07, 6.45) is -3.41. The fourth-order valence-corrected chi connectivity index (χ4v) is 4.08. The minimum atomic E-state index is -3.51. The fraction of sp³-hybridized carbons (Fsp3) is 0.294. The zero-order valence-electron chi connectivity index (χ0n) is 14.0. The van der Waals surface area contributed by atoms with Crippen LogP contribution < -0.4 is 14.8 Å². The van der Waals surface area contributed by atoms with E-state index in [1.54, 1.807) is 18.2 Å². The second kappa shape index (κ2) is 7.87. The van der Waals surface area contributed by atoms with Crippen molar-refractivity contribution >= 4 is 15.7 Å². The Morgan fingerprint density at radius 1 is 1.26 bits per heavy atom. The number of nitrogens with one attached hydrogen (secondary N) is 1. The summed E-state index contributed by atoms with van der Waals surface area (Å²) >= 11 is 0. The van der Waals surface area contributed by atoms with E-state index in [0.717, 1.165) is 0 Å². The third-order valence-corrected chi connectivity index (χ3v) is 5.50. The first-order valence-electron chi connectivity index (χ1n) is 8.00. The number of aromatic nitrogens is 1. The molecular formula is C17H16F2N2O5S. The van der Waals surface area contributed by atoms with Crippen molar-refractivity contribution in [3.8, 4) is 11.6 Å². The summed E-state index contributed by atoms with van der Waals surface area (Å²) in [5.41, 5.74) is -0.0409. The van der Waals surface area contributed by atoms with Gasteiger partial charge < -0.3 is 14.8 Å². The fourth-order valence-electron chi connectivity index (χ4n) is 2.52. The van der Waals surface area contributed by atoms with Crippen LogP contribution in [0.5, 0.6) is 11.6 Å². The number of pyridine rings is 1. The number of halogens is 2. The van der Waals surface area contributed by atoms with Gasteiger partial charge in [0.15, 0.2) is 16.4 Å². The number of ether oxygens (including phenoxy) is 2. The van der Waals surface area contributed by atoms with Gasteiger partial charge in [-0.15, -0.1) is 0 Å². The lowest BCUT2D eigenvalue weighted by molar-refractivity contribution is 0.0792. The molecule has 1 aromatic carbocycles. The zero-order valence-corrected chi connectivity index (χ0v) is 14.8. The molecule has 3 rings (SSSR count). The van der Waals surface area contributed by atoms with Crippen molar-refractivity contribution in [3.05, 3.63) is 48.2 Å². The van der Waals surface area contributed by atoms with Gasteiger partial charge in [0.25, 0.3) is 12.3 Å². The molecule has 27 heavy (non-hydrogen) atoms. The summed E-state index contributed by atoms with van der Waals surface area (Å²) in [5.74, 6) is -0.732. The van der Waals surface area contributed by atoms with E-state index in [9.17, 15) is 22.0 Å². The Kier molecular flexibility index (Phi) is 5.54. The molecular weight excluding hydrogens is 382 g/mol. The smallest absolute Gasteiger partial charge is 0.272 e. The maximum absolute atomic E-state index is 12.3. The van der Waals surface area contributed by atoms with E-state index in [-0.39, 0.29) is 34.5 Å². The van der Waals surface area contributed by atoms with E-state index < -0.39 is 34.9 Å². The molecule has 0 saturated carbocycles. The molecule has 144 valence electrons. The molecule has 0 spiro atoms. The Balaban J connectivity index is 1.62. The number of carbonyl (C=O) groups is 1. The van der Waals surface area contributed by atoms with Gasteiger partial charge in [-0.3, -0.25) is 4.79 Å². The minimum absolute atomic E-state index is 0.0409. The number of para-hydroxylation sites is 1. The van der Waals surface area contributed by atoms with Gasteiger partial charge in [0, 0.05) is 6.07 Å². The molecule has 1 aromatic heterocycles. The van der Waals surface area contributed by atoms with Crippen LogP contribution in [0.1, 0.15) is 10.5 Å². The number of sulfone groups is 1. The van der Waals surface area contributed by atoms with Gasteiger partial charge in [0.05, 0.1) is 12.3 Å². The van der Waals surface area contributed by atoms with E-state index in [2.05, 4.69) is 10.3 Å². The van der Waals surface area contributed by atoms with Crippen molar-refractivity contribution < 1.29 is 31.5 Å². The van der Waals surface area contributed by atoms with Crippen LogP contribution in [0.4, 0.5) is 8.78 Å². The number of hydrogen-bond donors (Lipinski definition) is 1. The molecule has 0 fully saturated rings. The van der Waals surface area contributed by atoms with Gasteiger partial charge in [0.2, 0.25) is 5.88 Å². The van der Waals surface area contributed by atoms with Gasteiger partial charge in [-0.25, -0.2) is 22.2 Å². The van der Waals surface area contributed by atoms with E-state index in [4.69, 9.17) is 9.47 Å². The minimum Gasteiger partial charge on any atom is -0.486 e. The molecule has 1 amide bonds. The number of hydrogen-bond acceptors (Lipinski definition) is 6. The molecule has 1 unspecified atom stereocenters. The summed E-state index contributed by atoms with van der Waals surface area (Å²) in [7, 11) is -3.51. The molecule has 0 saturated heterocycles. The lowest BCUT2D eigenvalue weighted by Gasteiger charge is -2.26. The second-order valence-corrected chi connectivity index (χ2v) is 7.74. The highest BCUT2D eigenvalue weighted by molar-refractivity contribution is 7.91. The molecule has 0 bridgehead atoms. The van der Waals surface area contributed by atoms with Crippen LogP contribution >= 0.6 is 0 Å².